The fraction of sp³-hybridized carbons (Fsp3) is 0.241. The second-order valence-electron chi connectivity index (χ2n) is 8.47. The molecule has 210 valence electrons. The standard InChI is InChI=1S/C29H31BrN4O6/c1-5-38-23-10-8-7-9-22(23)32-28(36)29(37)34-31-16-20-11-12-24(25(15-20)39-6-2)40-17-26(35)33-27-18(3)13-21(30)14-19(27)4/h7-16H,5-6,17H2,1-4H3,(H,32,36)(H,33,35)(H,34,37)/b31-16-. The van der Waals surface area contributed by atoms with Crippen LogP contribution in [-0.4, -0.2) is 43.8 Å². The Hall–Kier alpha value is -4.38. The number of carbonyl (C=O) groups excluding carboxylic acids is 3. The first kappa shape index (κ1) is 30.2. The first-order chi connectivity index (χ1) is 19.2. The number of rotatable bonds is 11. The summed E-state index contributed by atoms with van der Waals surface area (Å²) in [5, 5.41) is 9.24. The molecule has 3 amide bonds. The molecule has 3 aromatic rings. The van der Waals surface area contributed by atoms with Crippen molar-refractivity contribution in [1.82, 2.24) is 5.43 Å². The predicted molar refractivity (Wildman–Crippen MR) is 157 cm³/mol. The molecule has 0 heterocycles. The number of hydrazone groups is 1. The average Bonchev–Trinajstić information content (AvgIpc) is 2.91. The Bertz CT molecular complexity index is 1390. The smallest absolute Gasteiger partial charge is 0.329 e. The van der Waals surface area contributed by atoms with Gasteiger partial charge in [0.1, 0.15) is 5.75 Å². The normalized spacial score (nSPS) is 10.6. The topological polar surface area (TPSA) is 127 Å². The number of para-hydroxylation sites is 2. The zero-order valence-electron chi connectivity index (χ0n) is 22.7. The number of hydrogen-bond donors (Lipinski definition) is 3. The number of ether oxygens (including phenoxy) is 3. The molecule has 3 aromatic carbocycles. The van der Waals surface area contributed by atoms with E-state index in [1.54, 1.807) is 42.5 Å². The van der Waals surface area contributed by atoms with E-state index in [1.807, 2.05) is 39.8 Å². The predicted octanol–water partition coefficient (Wildman–Crippen LogP) is 4.97. The van der Waals surface area contributed by atoms with Crippen molar-refractivity contribution < 1.29 is 28.6 Å². The van der Waals surface area contributed by atoms with Crippen LogP contribution in [0.15, 0.2) is 64.2 Å². The summed E-state index contributed by atoms with van der Waals surface area (Å²) in [5.41, 5.74) is 5.74. The maximum Gasteiger partial charge on any atom is 0.329 e. The number of aryl methyl sites for hydroxylation is 2. The van der Waals surface area contributed by atoms with Crippen molar-refractivity contribution >= 4 is 51.2 Å². The van der Waals surface area contributed by atoms with E-state index in [4.69, 9.17) is 14.2 Å². The van der Waals surface area contributed by atoms with E-state index < -0.39 is 11.8 Å². The van der Waals surface area contributed by atoms with Crippen LogP contribution in [0.2, 0.25) is 0 Å². The summed E-state index contributed by atoms with van der Waals surface area (Å²) in [6.07, 6.45) is 1.36. The average molecular weight is 611 g/mol. The largest absolute Gasteiger partial charge is 0.492 e. The van der Waals surface area contributed by atoms with Gasteiger partial charge in [0.25, 0.3) is 5.91 Å². The molecule has 11 heteroatoms. The van der Waals surface area contributed by atoms with Gasteiger partial charge in [0.2, 0.25) is 0 Å². The van der Waals surface area contributed by atoms with E-state index >= 15 is 0 Å². The molecule has 0 radical (unpaired) electrons. The van der Waals surface area contributed by atoms with Crippen LogP contribution in [0.25, 0.3) is 0 Å². The van der Waals surface area contributed by atoms with Crippen molar-refractivity contribution in [3.05, 3.63) is 75.8 Å². The highest BCUT2D eigenvalue weighted by molar-refractivity contribution is 9.10. The Kier molecular flexibility index (Phi) is 11.1. The highest BCUT2D eigenvalue weighted by Crippen LogP contribution is 2.29. The van der Waals surface area contributed by atoms with E-state index in [-0.39, 0.29) is 12.5 Å². The summed E-state index contributed by atoms with van der Waals surface area (Å²) in [6, 6.07) is 15.6. The van der Waals surface area contributed by atoms with Crippen LogP contribution in [-0.2, 0) is 14.4 Å². The van der Waals surface area contributed by atoms with Gasteiger partial charge in [-0.3, -0.25) is 14.4 Å². The lowest BCUT2D eigenvalue weighted by molar-refractivity contribution is -0.136. The molecule has 0 fully saturated rings. The molecule has 10 nitrogen and oxygen atoms in total. The van der Waals surface area contributed by atoms with Gasteiger partial charge in [0, 0.05) is 10.2 Å². The van der Waals surface area contributed by atoms with Crippen LogP contribution < -0.4 is 30.3 Å². The molecular weight excluding hydrogens is 580 g/mol. The third-order valence-electron chi connectivity index (χ3n) is 5.41. The highest BCUT2D eigenvalue weighted by Gasteiger charge is 2.16. The number of anilines is 2. The zero-order chi connectivity index (χ0) is 29.1. The lowest BCUT2D eigenvalue weighted by atomic mass is 10.1. The maximum absolute atomic E-state index is 12.5. The Balaban J connectivity index is 1.59. The van der Waals surface area contributed by atoms with E-state index in [1.165, 1.54) is 6.21 Å². The molecule has 0 aromatic heterocycles. The van der Waals surface area contributed by atoms with Crippen molar-refractivity contribution in [3.63, 3.8) is 0 Å². The minimum absolute atomic E-state index is 0.222. The molecule has 0 bridgehead atoms. The summed E-state index contributed by atoms with van der Waals surface area (Å²) in [6.45, 7) is 8.02. The molecule has 0 aliphatic rings. The van der Waals surface area contributed by atoms with Gasteiger partial charge in [0.05, 0.1) is 25.1 Å². The van der Waals surface area contributed by atoms with Crippen molar-refractivity contribution in [2.75, 3.05) is 30.5 Å². The van der Waals surface area contributed by atoms with Gasteiger partial charge in [-0.1, -0.05) is 28.1 Å². The lowest BCUT2D eigenvalue weighted by Crippen LogP contribution is -2.32. The Morgan fingerprint density at radius 3 is 2.20 bits per heavy atom. The molecule has 0 spiro atoms. The van der Waals surface area contributed by atoms with Crippen LogP contribution in [0.5, 0.6) is 17.2 Å². The van der Waals surface area contributed by atoms with Crippen molar-refractivity contribution in [2.45, 2.75) is 27.7 Å². The van der Waals surface area contributed by atoms with Crippen molar-refractivity contribution in [2.24, 2.45) is 5.10 Å². The molecule has 0 aliphatic carbocycles. The quantitative estimate of drug-likeness (QED) is 0.160. The van der Waals surface area contributed by atoms with Gasteiger partial charge in [-0.25, -0.2) is 5.43 Å². The van der Waals surface area contributed by atoms with Crippen LogP contribution >= 0.6 is 15.9 Å². The van der Waals surface area contributed by atoms with E-state index in [9.17, 15) is 14.4 Å². The summed E-state index contributed by atoms with van der Waals surface area (Å²) in [7, 11) is 0. The van der Waals surface area contributed by atoms with Crippen LogP contribution in [0.3, 0.4) is 0 Å². The number of carbonyl (C=O) groups is 3. The minimum atomic E-state index is -0.949. The Morgan fingerprint density at radius 2 is 1.50 bits per heavy atom. The van der Waals surface area contributed by atoms with Crippen LogP contribution in [0.1, 0.15) is 30.5 Å². The van der Waals surface area contributed by atoms with E-state index in [0.717, 1.165) is 21.3 Å². The van der Waals surface area contributed by atoms with Gasteiger partial charge in [-0.2, -0.15) is 5.10 Å². The third-order valence-corrected chi connectivity index (χ3v) is 5.87. The molecule has 0 saturated carbocycles. The second-order valence-corrected chi connectivity index (χ2v) is 9.39. The second kappa shape index (κ2) is 14.7. The molecule has 0 aliphatic heterocycles. The van der Waals surface area contributed by atoms with Crippen LogP contribution in [0, 0.1) is 13.8 Å². The highest BCUT2D eigenvalue weighted by atomic mass is 79.9. The monoisotopic (exact) mass is 610 g/mol. The fourth-order valence-corrected chi connectivity index (χ4v) is 4.35. The maximum atomic E-state index is 12.5. The number of nitrogens with one attached hydrogen (secondary N) is 3. The van der Waals surface area contributed by atoms with Crippen molar-refractivity contribution in [3.8, 4) is 17.2 Å². The number of halogens is 1. The molecular formula is C29H31BrN4O6. The zero-order valence-corrected chi connectivity index (χ0v) is 24.3. The van der Waals surface area contributed by atoms with Gasteiger partial charge in [-0.15, -0.1) is 0 Å². The Morgan fingerprint density at radius 1 is 0.825 bits per heavy atom. The molecule has 3 rings (SSSR count). The molecule has 0 unspecified atom stereocenters. The Labute approximate surface area is 241 Å². The van der Waals surface area contributed by atoms with Gasteiger partial charge >= 0.3 is 11.8 Å². The first-order valence-corrected chi connectivity index (χ1v) is 13.3. The summed E-state index contributed by atoms with van der Waals surface area (Å²) in [5.74, 6) is -0.936. The number of amides is 3. The third kappa shape index (κ3) is 8.57. The first-order valence-electron chi connectivity index (χ1n) is 12.5. The van der Waals surface area contributed by atoms with Gasteiger partial charge < -0.3 is 24.8 Å². The number of nitrogens with zero attached hydrogens (tertiary/aromatic N) is 1. The molecule has 0 atom stereocenters. The van der Waals surface area contributed by atoms with Gasteiger partial charge in [0.15, 0.2) is 18.1 Å². The van der Waals surface area contributed by atoms with Crippen molar-refractivity contribution in [1.29, 1.82) is 0 Å². The molecule has 0 saturated heterocycles. The van der Waals surface area contributed by atoms with Crippen LogP contribution in [0.4, 0.5) is 11.4 Å². The summed E-state index contributed by atoms with van der Waals surface area (Å²) >= 11 is 3.45. The lowest BCUT2D eigenvalue weighted by Gasteiger charge is -2.14. The van der Waals surface area contributed by atoms with Gasteiger partial charge in [-0.05, 0) is 86.8 Å². The minimum Gasteiger partial charge on any atom is -0.492 e. The molecule has 3 N–H and O–H groups in total. The number of hydrogen-bond acceptors (Lipinski definition) is 7. The fourth-order valence-electron chi connectivity index (χ4n) is 3.67. The van der Waals surface area contributed by atoms with E-state index in [0.29, 0.717) is 41.7 Å². The number of benzene rings is 3. The SMILES string of the molecule is CCOc1ccccc1NC(=O)C(=O)N/N=C\c1ccc(OCC(=O)Nc2c(C)cc(Br)cc2C)c(OCC)c1. The summed E-state index contributed by atoms with van der Waals surface area (Å²) < 4.78 is 17.8. The molecule has 40 heavy (non-hydrogen) atoms. The van der Waals surface area contributed by atoms with E-state index in [2.05, 4.69) is 37.1 Å². The summed E-state index contributed by atoms with van der Waals surface area (Å²) in [4.78, 5) is 37.0.